The molecule has 0 saturated heterocycles. The lowest BCUT2D eigenvalue weighted by Gasteiger charge is -2.09. The fraction of sp³-hybridized carbons (Fsp3) is 0.143. The van der Waals surface area contributed by atoms with Crippen molar-refractivity contribution >= 4 is 27.3 Å². The molecule has 4 nitrogen and oxygen atoms in total. The molecule has 0 spiro atoms. The number of nitro benzene ring substituents is 1. The molecule has 0 aromatic heterocycles. The summed E-state index contributed by atoms with van der Waals surface area (Å²) in [5.74, 6) is -2.06. The van der Waals surface area contributed by atoms with Crippen LogP contribution in [0.1, 0.15) is 11.1 Å². The van der Waals surface area contributed by atoms with Crippen molar-refractivity contribution < 1.29 is 13.7 Å². The summed E-state index contributed by atoms with van der Waals surface area (Å²) in [5.41, 5.74) is 1.02. The molecule has 2 aromatic rings. The van der Waals surface area contributed by atoms with Gasteiger partial charge in [-0.3, -0.25) is 10.1 Å². The van der Waals surface area contributed by atoms with Crippen molar-refractivity contribution in [1.82, 2.24) is 0 Å². The third-order valence-electron chi connectivity index (χ3n) is 2.94. The number of halogens is 3. The summed E-state index contributed by atoms with van der Waals surface area (Å²) in [4.78, 5) is 9.77. The highest BCUT2D eigenvalue weighted by molar-refractivity contribution is 9.10. The van der Waals surface area contributed by atoms with Crippen LogP contribution in [0, 0.1) is 28.7 Å². The Morgan fingerprint density at radius 1 is 1.24 bits per heavy atom. The highest BCUT2D eigenvalue weighted by atomic mass is 79.9. The average Bonchev–Trinajstić information content (AvgIpc) is 2.41. The number of anilines is 1. The zero-order valence-corrected chi connectivity index (χ0v) is 12.6. The van der Waals surface area contributed by atoms with E-state index < -0.39 is 22.2 Å². The first-order valence-corrected chi connectivity index (χ1v) is 6.80. The van der Waals surface area contributed by atoms with Gasteiger partial charge in [-0.1, -0.05) is 28.1 Å². The molecule has 0 unspecified atom stereocenters. The Morgan fingerprint density at radius 3 is 2.57 bits per heavy atom. The molecule has 0 bridgehead atoms. The summed E-state index contributed by atoms with van der Waals surface area (Å²) >= 11 is 3.37. The van der Waals surface area contributed by atoms with Gasteiger partial charge in [0.15, 0.2) is 0 Å². The Kier molecular flexibility index (Phi) is 4.52. The van der Waals surface area contributed by atoms with E-state index in [9.17, 15) is 18.9 Å². The Bertz CT molecular complexity index is 708. The topological polar surface area (TPSA) is 55.2 Å². The van der Waals surface area contributed by atoms with Gasteiger partial charge in [0.05, 0.1) is 10.6 Å². The van der Waals surface area contributed by atoms with Crippen molar-refractivity contribution in [3.63, 3.8) is 0 Å². The molecule has 21 heavy (non-hydrogen) atoms. The largest absolute Gasteiger partial charge is 0.378 e. The second-order valence-corrected chi connectivity index (χ2v) is 5.33. The molecular weight excluding hydrogens is 346 g/mol. The summed E-state index contributed by atoms with van der Waals surface area (Å²) in [6, 6.07) is 6.95. The molecule has 0 aliphatic rings. The van der Waals surface area contributed by atoms with Crippen molar-refractivity contribution in [3.05, 3.63) is 67.7 Å². The lowest BCUT2D eigenvalue weighted by atomic mass is 10.1. The minimum absolute atomic E-state index is 0.108. The Hall–Kier alpha value is -2.02. The molecule has 0 aliphatic heterocycles. The van der Waals surface area contributed by atoms with Crippen LogP contribution in [0.3, 0.4) is 0 Å². The molecule has 0 fully saturated rings. The van der Waals surface area contributed by atoms with Gasteiger partial charge in [-0.05, 0) is 24.1 Å². The van der Waals surface area contributed by atoms with Crippen molar-refractivity contribution in [2.75, 3.05) is 5.32 Å². The first-order valence-electron chi connectivity index (χ1n) is 6.01. The Morgan fingerprint density at radius 2 is 1.95 bits per heavy atom. The van der Waals surface area contributed by atoms with Gasteiger partial charge in [0.1, 0.15) is 5.82 Å². The van der Waals surface area contributed by atoms with Crippen LogP contribution in [0.5, 0.6) is 0 Å². The maximum absolute atomic E-state index is 13.6. The van der Waals surface area contributed by atoms with Gasteiger partial charge in [0, 0.05) is 23.2 Å². The number of hydrogen-bond acceptors (Lipinski definition) is 3. The molecule has 2 aromatic carbocycles. The lowest BCUT2D eigenvalue weighted by Crippen LogP contribution is -2.04. The van der Waals surface area contributed by atoms with E-state index in [1.54, 1.807) is 0 Å². The number of nitrogens with one attached hydrogen (secondary N) is 1. The smallest absolute Gasteiger partial charge is 0.307 e. The minimum Gasteiger partial charge on any atom is -0.378 e. The van der Waals surface area contributed by atoms with Crippen LogP contribution in [0.15, 0.2) is 34.8 Å². The van der Waals surface area contributed by atoms with Crippen molar-refractivity contribution in [2.24, 2.45) is 0 Å². The van der Waals surface area contributed by atoms with Crippen LogP contribution in [-0.4, -0.2) is 4.92 Å². The van der Waals surface area contributed by atoms with Crippen LogP contribution in [-0.2, 0) is 6.54 Å². The first kappa shape index (κ1) is 15.4. The zero-order valence-electron chi connectivity index (χ0n) is 11.0. The van der Waals surface area contributed by atoms with Gasteiger partial charge in [0.2, 0.25) is 5.82 Å². The van der Waals surface area contributed by atoms with E-state index in [0.29, 0.717) is 6.07 Å². The number of nitrogens with zero attached hydrogens (tertiary/aromatic N) is 1. The second kappa shape index (κ2) is 6.17. The van der Waals surface area contributed by atoms with Gasteiger partial charge >= 0.3 is 5.69 Å². The van der Waals surface area contributed by atoms with Crippen molar-refractivity contribution in [1.29, 1.82) is 0 Å². The maximum Gasteiger partial charge on any atom is 0.307 e. The third kappa shape index (κ3) is 3.55. The molecule has 7 heteroatoms. The van der Waals surface area contributed by atoms with Gasteiger partial charge < -0.3 is 5.32 Å². The monoisotopic (exact) mass is 356 g/mol. The molecule has 0 radical (unpaired) electrons. The number of rotatable bonds is 4. The zero-order chi connectivity index (χ0) is 15.6. The van der Waals surface area contributed by atoms with E-state index in [4.69, 9.17) is 0 Å². The molecule has 110 valence electrons. The summed E-state index contributed by atoms with van der Waals surface area (Å²) in [6.07, 6.45) is 0. The minimum atomic E-state index is -1.19. The van der Waals surface area contributed by atoms with Gasteiger partial charge in [-0.2, -0.15) is 4.39 Å². The fourth-order valence-electron chi connectivity index (χ4n) is 1.83. The first-order chi connectivity index (χ1) is 9.88. The lowest BCUT2D eigenvalue weighted by molar-refractivity contribution is -0.387. The number of aryl methyl sites for hydroxylation is 1. The Balaban J connectivity index is 2.21. The van der Waals surface area contributed by atoms with E-state index in [1.165, 1.54) is 0 Å². The quantitative estimate of drug-likeness (QED) is 0.645. The summed E-state index contributed by atoms with van der Waals surface area (Å²) in [5, 5.41) is 13.4. The molecule has 0 atom stereocenters. The highest BCUT2D eigenvalue weighted by Gasteiger charge is 2.18. The maximum atomic E-state index is 13.6. The van der Waals surface area contributed by atoms with Gasteiger partial charge in [-0.25, -0.2) is 4.39 Å². The fourth-order valence-corrected chi connectivity index (χ4v) is 2.07. The van der Waals surface area contributed by atoms with Gasteiger partial charge in [-0.15, -0.1) is 0 Å². The van der Waals surface area contributed by atoms with E-state index in [2.05, 4.69) is 21.2 Å². The normalized spacial score (nSPS) is 10.5. The molecule has 0 aliphatic carbocycles. The van der Waals surface area contributed by atoms with E-state index in [0.717, 1.165) is 21.7 Å². The molecule has 1 N–H and O–H groups in total. The molecule has 2 rings (SSSR count). The van der Waals surface area contributed by atoms with E-state index in [-0.39, 0.29) is 12.2 Å². The van der Waals surface area contributed by atoms with E-state index in [1.807, 2.05) is 25.1 Å². The van der Waals surface area contributed by atoms with Crippen molar-refractivity contribution in [2.45, 2.75) is 13.5 Å². The van der Waals surface area contributed by atoms with Crippen LogP contribution in [0.4, 0.5) is 20.2 Å². The van der Waals surface area contributed by atoms with Crippen LogP contribution in [0.25, 0.3) is 0 Å². The number of benzene rings is 2. The average molecular weight is 357 g/mol. The van der Waals surface area contributed by atoms with Gasteiger partial charge in [0.25, 0.3) is 0 Å². The second-order valence-electron chi connectivity index (χ2n) is 4.48. The molecule has 0 heterocycles. The van der Waals surface area contributed by atoms with E-state index >= 15 is 0 Å². The molecule has 0 amide bonds. The van der Waals surface area contributed by atoms with Crippen LogP contribution < -0.4 is 5.32 Å². The number of hydrogen-bond donors (Lipinski definition) is 1. The van der Waals surface area contributed by atoms with Crippen LogP contribution >= 0.6 is 15.9 Å². The molecule has 0 saturated carbocycles. The summed E-state index contributed by atoms with van der Waals surface area (Å²) in [7, 11) is 0. The highest BCUT2D eigenvalue weighted by Crippen LogP contribution is 2.26. The summed E-state index contributed by atoms with van der Waals surface area (Å²) < 4.78 is 27.8. The predicted molar refractivity (Wildman–Crippen MR) is 79.2 cm³/mol. The number of nitro groups is 1. The standard InChI is InChI=1S/C14H11BrF2N2O2/c1-8-4-9(2-3-10(8)15)7-18-13-6-14(19(20)21)12(17)5-11(13)16/h2-6,18H,7H2,1H3. The van der Waals surface area contributed by atoms with Crippen LogP contribution in [0.2, 0.25) is 0 Å². The molecular formula is C14H11BrF2N2O2. The SMILES string of the molecule is Cc1cc(CNc2cc([N+](=O)[O-])c(F)cc2F)ccc1Br. The Labute approximate surface area is 128 Å². The summed E-state index contributed by atoms with van der Waals surface area (Å²) in [6.45, 7) is 2.19. The van der Waals surface area contributed by atoms with Crippen molar-refractivity contribution in [3.8, 4) is 0 Å². The third-order valence-corrected chi connectivity index (χ3v) is 3.83. The predicted octanol–water partition coefficient (Wildman–Crippen LogP) is 4.56.